The molecule has 0 aliphatic heterocycles. The molecule has 0 aromatic carbocycles. The molecule has 1 aromatic rings. The number of ether oxygens (including phenoxy) is 1. The van der Waals surface area contributed by atoms with E-state index in [1.54, 1.807) is 0 Å². The molecule has 0 radical (unpaired) electrons. The van der Waals surface area contributed by atoms with Crippen LogP contribution in [-0.2, 0) is 11.3 Å². The van der Waals surface area contributed by atoms with Gasteiger partial charge in [-0.1, -0.05) is 0 Å². The number of aromatic nitrogens is 2. The molecule has 1 heterocycles. The number of likely N-dealkylation sites (N-methyl/N-ethyl adjacent to an activating group) is 1. The molecule has 0 unspecified atom stereocenters. The van der Waals surface area contributed by atoms with Crippen molar-refractivity contribution in [2.75, 3.05) is 30.8 Å². The second-order valence-corrected chi connectivity index (χ2v) is 4.48. The first-order valence-corrected chi connectivity index (χ1v) is 6.13. The van der Waals surface area contributed by atoms with Crippen LogP contribution in [0.15, 0.2) is 0 Å². The number of hydrogen-bond donors (Lipinski definition) is 1. The Morgan fingerprint density at radius 3 is 2.65 bits per heavy atom. The Labute approximate surface area is 104 Å². The number of rotatable bonds is 6. The second-order valence-electron chi connectivity index (χ2n) is 4.48. The third-order valence-corrected chi connectivity index (χ3v) is 2.68. The molecule has 0 saturated carbocycles. The van der Waals surface area contributed by atoms with E-state index in [-0.39, 0.29) is 6.10 Å². The van der Waals surface area contributed by atoms with Gasteiger partial charge in [-0.3, -0.25) is 0 Å². The van der Waals surface area contributed by atoms with Crippen LogP contribution in [0.3, 0.4) is 0 Å². The zero-order valence-electron chi connectivity index (χ0n) is 11.5. The minimum atomic E-state index is 0.263. The van der Waals surface area contributed by atoms with Crippen LogP contribution < -0.4 is 10.6 Å². The third-order valence-electron chi connectivity index (χ3n) is 2.68. The minimum Gasteiger partial charge on any atom is -0.394 e. The molecule has 0 aliphatic rings. The van der Waals surface area contributed by atoms with Crippen LogP contribution in [0, 0.1) is 6.92 Å². The number of anilines is 2. The predicted octanol–water partition coefficient (Wildman–Crippen LogP) is 1.65. The SMILES string of the molecule is CCn1nc(C)c(N)c1N(C)CCOC(C)C. The summed E-state index contributed by atoms with van der Waals surface area (Å²) >= 11 is 0. The van der Waals surface area contributed by atoms with Gasteiger partial charge in [-0.25, -0.2) is 4.68 Å². The molecular weight excluding hydrogens is 216 g/mol. The summed E-state index contributed by atoms with van der Waals surface area (Å²) in [5.41, 5.74) is 7.70. The number of hydrogen-bond acceptors (Lipinski definition) is 4. The van der Waals surface area contributed by atoms with E-state index in [2.05, 4.69) is 16.9 Å². The largest absolute Gasteiger partial charge is 0.394 e. The molecular formula is C12H24N4O. The van der Waals surface area contributed by atoms with Crippen LogP contribution in [0.2, 0.25) is 0 Å². The Balaban J connectivity index is 2.70. The lowest BCUT2D eigenvalue weighted by atomic mass is 10.3. The Morgan fingerprint density at radius 2 is 2.12 bits per heavy atom. The van der Waals surface area contributed by atoms with Crippen LogP contribution >= 0.6 is 0 Å². The third kappa shape index (κ3) is 3.36. The van der Waals surface area contributed by atoms with E-state index >= 15 is 0 Å². The van der Waals surface area contributed by atoms with Gasteiger partial charge >= 0.3 is 0 Å². The summed E-state index contributed by atoms with van der Waals surface area (Å²) in [7, 11) is 2.02. The van der Waals surface area contributed by atoms with Gasteiger partial charge < -0.3 is 15.4 Å². The normalized spacial score (nSPS) is 11.2. The van der Waals surface area contributed by atoms with E-state index < -0.39 is 0 Å². The van der Waals surface area contributed by atoms with E-state index in [1.807, 2.05) is 32.5 Å². The van der Waals surface area contributed by atoms with E-state index in [0.29, 0.717) is 6.61 Å². The Morgan fingerprint density at radius 1 is 1.47 bits per heavy atom. The van der Waals surface area contributed by atoms with Crippen LogP contribution in [0.4, 0.5) is 11.5 Å². The zero-order chi connectivity index (χ0) is 13.0. The first-order chi connectivity index (χ1) is 7.97. The molecule has 0 spiro atoms. The van der Waals surface area contributed by atoms with Crippen molar-refractivity contribution in [2.24, 2.45) is 0 Å². The maximum absolute atomic E-state index is 6.05. The number of nitrogen functional groups attached to an aromatic ring is 1. The van der Waals surface area contributed by atoms with Crippen molar-refractivity contribution in [3.05, 3.63) is 5.69 Å². The maximum Gasteiger partial charge on any atom is 0.150 e. The summed E-state index contributed by atoms with van der Waals surface area (Å²) in [4.78, 5) is 2.10. The molecule has 5 heteroatoms. The van der Waals surface area contributed by atoms with E-state index in [1.165, 1.54) is 0 Å². The quantitative estimate of drug-likeness (QED) is 0.821. The van der Waals surface area contributed by atoms with Crippen molar-refractivity contribution in [1.82, 2.24) is 9.78 Å². The Kier molecular flexibility index (Phi) is 4.81. The molecule has 0 saturated heterocycles. The van der Waals surface area contributed by atoms with Crippen LogP contribution in [0.25, 0.3) is 0 Å². The van der Waals surface area contributed by atoms with Crippen molar-refractivity contribution in [2.45, 2.75) is 40.3 Å². The molecule has 0 fully saturated rings. The zero-order valence-corrected chi connectivity index (χ0v) is 11.5. The minimum absolute atomic E-state index is 0.263. The maximum atomic E-state index is 6.05. The van der Waals surface area contributed by atoms with Gasteiger partial charge in [-0.15, -0.1) is 0 Å². The van der Waals surface area contributed by atoms with Crippen molar-refractivity contribution < 1.29 is 4.74 Å². The molecule has 0 bridgehead atoms. The highest BCUT2D eigenvalue weighted by atomic mass is 16.5. The molecule has 1 rings (SSSR count). The Hall–Kier alpha value is -1.23. The van der Waals surface area contributed by atoms with Crippen molar-refractivity contribution >= 4 is 11.5 Å². The van der Waals surface area contributed by atoms with Gasteiger partial charge in [0.1, 0.15) is 5.82 Å². The number of nitrogens with two attached hydrogens (primary N) is 1. The molecule has 5 nitrogen and oxygen atoms in total. The van der Waals surface area contributed by atoms with Crippen molar-refractivity contribution in [3.8, 4) is 0 Å². The average Bonchev–Trinajstić information content (AvgIpc) is 2.54. The molecule has 2 N–H and O–H groups in total. The summed E-state index contributed by atoms with van der Waals surface area (Å²) in [6.45, 7) is 10.4. The van der Waals surface area contributed by atoms with Gasteiger partial charge in [0.15, 0.2) is 0 Å². The van der Waals surface area contributed by atoms with E-state index in [4.69, 9.17) is 10.5 Å². The molecule has 1 aromatic heterocycles. The first-order valence-electron chi connectivity index (χ1n) is 6.13. The highest BCUT2D eigenvalue weighted by molar-refractivity contribution is 5.65. The average molecular weight is 240 g/mol. The van der Waals surface area contributed by atoms with Gasteiger partial charge in [0.05, 0.1) is 24.1 Å². The molecule has 0 aliphatic carbocycles. The fraction of sp³-hybridized carbons (Fsp3) is 0.750. The van der Waals surface area contributed by atoms with Gasteiger partial charge in [0.25, 0.3) is 0 Å². The predicted molar refractivity (Wildman–Crippen MR) is 71.4 cm³/mol. The topological polar surface area (TPSA) is 56.3 Å². The van der Waals surface area contributed by atoms with Gasteiger partial charge in [0, 0.05) is 20.1 Å². The fourth-order valence-corrected chi connectivity index (χ4v) is 1.74. The van der Waals surface area contributed by atoms with Crippen LogP contribution in [0.1, 0.15) is 26.5 Å². The lowest BCUT2D eigenvalue weighted by Crippen LogP contribution is -2.26. The smallest absolute Gasteiger partial charge is 0.150 e. The van der Waals surface area contributed by atoms with Crippen LogP contribution in [-0.4, -0.2) is 36.1 Å². The summed E-state index contributed by atoms with van der Waals surface area (Å²) in [5.74, 6) is 0.984. The summed E-state index contributed by atoms with van der Waals surface area (Å²) in [6, 6.07) is 0. The molecule has 0 amide bonds. The van der Waals surface area contributed by atoms with Crippen molar-refractivity contribution in [3.63, 3.8) is 0 Å². The van der Waals surface area contributed by atoms with E-state index in [9.17, 15) is 0 Å². The van der Waals surface area contributed by atoms with Gasteiger partial charge in [0.2, 0.25) is 0 Å². The Bertz CT molecular complexity index is 360. The lowest BCUT2D eigenvalue weighted by Gasteiger charge is -2.21. The monoisotopic (exact) mass is 240 g/mol. The first kappa shape index (κ1) is 13.8. The summed E-state index contributed by atoms with van der Waals surface area (Å²) in [6.07, 6.45) is 0.263. The summed E-state index contributed by atoms with van der Waals surface area (Å²) < 4.78 is 7.47. The highest BCUT2D eigenvalue weighted by Crippen LogP contribution is 2.25. The molecule has 0 atom stereocenters. The fourth-order valence-electron chi connectivity index (χ4n) is 1.74. The number of aryl methyl sites for hydroxylation is 2. The lowest BCUT2D eigenvalue weighted by molar-refractivity contribution is 0.0845. The standard InChI is InChI=1S/C12H24N4O/c1-6-16-12(11(13)10(4)14-16)15(5)7-8-17-9(2)3/h9H,6-8,13H2,1-5H3. The van der Waals surface area contributed by atoms with Crippen molar-refractivity contribution in [1.29, 1.82) is 0 Å². The second kappa shape index (κ2) is 5.91. The van der Waals surface area contributed by atoms with E-state index in [0.717, 1.165) is 30.3 Å². The molecule has 98 valence electrons. The van der Waals surface area contributed by atoms with Gasteiger partial charge in [-0.05, 0) is 27.7 Å². The highest BCUT2D eigenvalue weighted by Gasteiger charge is 2.15. The molecule has 17 heavy (non-hydrogen) atoms. The summed E-state index contributed by atoms with van der Waals surface area (Å²) in [5, 5.41) is 4.40. The number of nitrogens with zero attached hydrogens (tertiary/aromatic N) is 3. The van der Waals surface area contributed by atoms with Crippen LogP contribution in [0.5, 0.6) is 0 Å². The van der Waals surface area contributed by atoms with Gasteiger partial charge in [-0.2, -0.15) is 5.10 Å².